The van der Waals surface area contributed by atoms with Gasteiger partial charge in [0.05, 0.1) is 5.60 Å². The van der Waals surface area contributed by atoms with Gasteiger partial charge in [-0.3, -0.25) is 4.90 Å². The number of aromatic nitrogens is 1. The van der Waals surface area contributed by atoms with E-state index in [4.69, 9.17) is 23.2 Å². The Hall–Kier alpha value is -0.350. The second kappa shape index (κ2) is 6.01. The molecule has 0 bridgehead atoms. The van der Waals surface area contributed by atoms with E-state index in [0.29, 0.717) is 23.4 Å². The summed E-state index contributed by atoms with van der Waals surface area (Å²) in [6, 6.07) is 3.59. The number of rotatable bonds is 5. The van der Waals surface area contributed by atoms with Crippen LogP contribution in [0.5, 0.6) is 0 Å². The van der Waals surface area contributed by atoms with E-state index in [0.717, 1.165) is 12.1 Å². The fourth-order valence-electron chi connectivity index (χ4n) is 1.63. The number of hydrogen-bond donors (Lipinski definition) is 1. The van der Waals surface area contributed by atoms with E-state index in [2.05, 4.69) is 9.88 Å². The molecule has 0 unspecified atom stereocenters. The zero-order chi connectivity index (χ0) is 13.1. The largest absolute Gasteiger partial charge is 0.389 e. The minimum Gasteiger partial charge on any atom is -0.389 e. The number of hydrogen-bond acceptors (Lipinski definition) is 3. The van der Waals surface area contributed by atoms with Crippen LogP contribution in [0.3, 0.4) is 0 Å². The van der Waals surface area contributed by atoms with Crippen molar-refractivity contribution >= 4 is 23.2 Å². The average molecular weight is 277 g/mol. The quantitative estimate of drug-likeness (QED) is 0.840. The second-order valence-corrected chi connectivity index (χ2v) is 5.44. The van der Waals surface area contributed by atoms with Crippen LogP contribution in [-0.2, 0) is 6.54 Å². The van der Waals surface area contributed by atoms with Crippen LogP contribution in [0.4, 0.5) is 0 Å². The third kappa shape index (κ3) is 5.21. The minimum atomic E-state index is -0.720. The summed E-state index contributed by atoms with van der Waals surface area (Å²) in [5.41, 5.74) is 0.199. The van der Waals surface area contributed by atoms with E-state index in [9.17, 15) is 5.11 Å². The number of nitrogens with zero attached hydrogens (tertiary/aromatic N) is 2. The maximum absolute atomic E-state index is 9.80. The maximum atomic E-state index is 9.80. The van der Waals surface area contributed by atoms with Crippen LogP contribution in [0.25, 0.3) is 0 Å². The van der Waals surface area contributed by atoms with E-state index in [1.807, 2.05) is 13.0 Å². The number of aliphatic hydroxyl groups is 1. The monoisotopic (exact) mass is 276 g/mol. The first-order chi connectivity index (χ1) is 7.81. The molecule has 1 N–H and O–H groups in total. The van der Waals surface area contributed by atoms with E-state index in [1.54, 1.807) is 19.9 Å². The predicted octanol–water partition coefficient (Wildman–Crippen LogP) is 2.98. The third-order valence-corrected chi connectivity index (χ3v) is 2.88. The fraction of sp³-hybridized carbons (Fsp3) is 0.583. The third-order valence-electron chi connectivity index (χ3n) is 2.34. The van der Waals surface area contributed by atoms with Gasteiger partial charge in [-0.1, -0.05) is 36.2 Å². The summed E-state index contributed by atoms with van der Waals surface area (Å²) < 4.78 is 0. The van der Waals surface area contributed by atoms with Crippen molar-refractivity contribution in [3.63, 3.8) is 0 Å². The molecule has 0 fully saturated rings. The molecular weight excluding hydrogens is 259 g/mol. The van der Waals surface area contributed by atoms with Gasteiger partial charge in [0.25, 0.3) is 0 Å². The lowest BCUT2D eigenvalue weighted by atomic mass is 10.1. The molecule has 0 saturated heterocycles. The Bertz CT molecular complexity index is 377. The van der Waals surface area contributed by atoms with Crippen molar-refractivity contribution < 1.29 is 5.11 Å². The van der Waals surface area contributed by atoms with Crippen LogP contribution in [0, 0.1) is 0 Å². The second-order valence-electron chi connectivity index (χ2n) is 4.70. The first kappa shape index (κ1) is 14.7. The van der Waals surface area contributed by atoms with Gasteiger partial charge in [0.15, 0.2) is 0 Å². The standard InChI is InChI=1S/C12H18Cl2N2O/c1-4-16(8-12(2,3)17)7-9-5-6-10(13)15-11(9)14/h5-6,17H,4,7-8H2,1-3H3. The van der Waals surface area contributed by atoms with Crippen molar-refractivity contribution in [3.8, 4) is 0 Å². The Labute approximate surface area is 112 Å². The highest BCUT2D eigenvalue weighted by atomic mass is 35.5. The van der Waals surface area contributed by atoms with Crippen molar-refractivity contribution in [3.05, 3.63) is 28.0 Å². The lowest BCUT2D eigenvalue weighted by Crippen LogP contribution is -2.38. The molecule has 1 heterocycles. The first-order valence-corrected chi connectivity index (χ1v) is 6.33. The van der Waals surface area contributed by atoms with E-state index >= 15 is 0 Å². The smallest absolute Gasteiger partial charge is 0.135 e. The Morgan fingerprint density at radius 3 is 2.47 bits per heavy atom. The molecule has 0 aliphatic heterocycles. The van der Waals surface area contributed by atoms with Crippen LogP contribution in [0.1, 0.15) is 26.3 Å². The Balaban J connectivity index is 2.74. The molecule has 17 heavy (non-hydrogen) atoms. The summed E-state index contributed by atoms with van der Waals surface area (Å²) in [6.07, 6.45) is 0. The summed E-state index contributed by atoms with van der Waals surface area (Å²) in [7, 11) is 0. The molecule has 0 spiro atoms. The van der Waals surface area contributed by atoms with Gasteiger partial charge < -0.3 is 5.11 Å². The number of likely N-dealkylation sites (N-methyl/N-ethyl adjacent to an activating group) is 1. The molecule has 1 aromatic rings. The average Bonchev–Trinajstić information content (AvgIpc) is 2.19. The zero-order valence-corrected chi connectivity index (χ0v) is 11.9. The van der Waals surface area contributed by atoms with Gasteiger partial charge in [-0.15, -0.1) is 0 Å². The van der Waals surface area contributed by atoms with Crippen LogP contribution < -0.4 is 0 Å². The zero-order valence-electron chi connectivity index (χ0n) is 10.4. The van der Waals surface area contributed by atoms with Crippen molar-refractivity contribution in [2.24, 2.45) is 0 Å². The summed E-state index contributed by atoms with van der Waals surface area (Å²) in [5.74, 6) is 0. The molecule has 0 aliphatic rings. The van der Waals surface area contributed by atoms with E-state index in [1.165, 1.54) is 0 Å². The highest BCUT2D eigenvalue weighted by Gasteiger charge is 2.18. The Morgan fingerprint density at radius 2 is 2.00 bits per heavy atom. The maximum Gasteiger partial charge on any atom is 0.135 e. The van der Waals surface area contributed by atoms with Gasteiger partial charge in [0.2, 0.25) is 0 Å². The Kier molecular flexibility index (Phi) is 5.20. The summed E-state index contributed by atoms with van der Waals surface area (Å²) in [4.78, 5) is 6.11. The lowest BCUT2D eigenvalue weighted by molar-refractivity contribution is 0.0353. The predicted molar refractivity (Wildman–Crippen MR) is 71.5 cm³/mol. The minimum absolute atomic E-state index is 0.393. The summed E-state index contributed by atoms with van der Waals surface area (Å²) in [6.45, 7) is 7.70. The lowest BCUT2D eigenvalue weighted by Gasteiger charge is -2.28. The van der Waals surface area contributed by atoms with Gasteiger partial charge >= 0.3 is 0 Å². The molecule has 3 nitrogen and oxygen atoms in total. The Morgan fingerprint density at radius 1 is 1.35 bits per heavy atom. The molecule has 0 saturated carbocycles. The van der Waals surface area contributed by atoms with Crippen LogP contribution in [0.2, 0.25) is 10.3 Å². The van der Waals surface area contributed by atoms with Crippen LogP contribution in [-0.4, -0.2) is 33.7 Å². The number of pyridine rings is 1. The van der Waals surface area contributed by atoms with E-state index in [-0.39, 0.29) is 0 Å². The van der Waals surface area contributed by atoms with Crippen molar-refractivity contribution in [1.82, 2.24) is 9.88 Å². The summed E-state index contributed by atoms with van der Waals surface area (Å²) in [5, 5.41) is 10.6. The fourth-order valence-corrected chi connectivity index (χ4v) is 2.03. The molecule has 1 aromatic heterocycles. The topological polar surface area (TPSA) is 36.4 Å². The van der Waals surface area contributed by atoms with Gasteiger partial charge in [0.1, 0.15) is 10.3 Å². The molecule has 1 rings (SSSR count). The van der Waals surface area contributed by atoms with Crippen molar-refractivity contribution in [1.29, 1.82) is 0 Å². The normalized spacial score (nSPS) is 12.2. The molecule has 0 aromatic carbocycles. The highest BCUT2D eigenvalue weighted by Crippen LogP contribution is 2.19. The van der Waals surface area contributed by atoms with Gasteiger partial charge in [-0.05, 0) is 26.5 Å². The van der Waals surface area contributed by atoms with Crippen molar-refractivity contribution in [2.75, 3.05) is 13.1 Å². The molecular formula is C12H18Cl2N2O. The highest BCUT2D eigenvalue weighted by molar-refractivity contribution is 6.32. The van der Waals surface area contributed by atoms with Crippen molar-refractivity contribution in [2.45, 2.75) is 32.9 Å². The summed E-state index contributed by atoms with van der Waals surface area (Å²) >= 11 is 11.8. The first-order valence-electron chi connectivity index (χ1n) is 5.57. The molecule has 0 atom stereocenters. The number of halogens is 2. The van der Waals surface area contributed by atoms with Gasteiger partial charge in [0, 0.05) is 18.7 Å². The van der Waals surface area contributed by atoms with Crippen LogP contribution in [0.15, 0.2) is 12.1 Å². The van der Waals surface area contributed by atoms with Gasteiger partial charge in [-0.25, -0.2) is 4.98 Å². The van der Waals surface area contributed by atoms with Crippen LogP contribution >= 0.6 is 23.2 Å². The molecule has 0 aliphatic carbocycles. The van der Waals surface area contributed by atoms with Gasteiger partial charge in [-0.2, -0.15) is 0 Å². The van der Waals surface area contributed by atoms with E-state index < -0.39 is 5.60 Å². The molecule has 96 valence electrons. The molecule has 0 amide bonds. The molecule has 0 radical (unpaired) electrons. The SMILES string of the molecule is CCN(Cc1ccc(Cl)nc1Cl)CC(C)(C)O. The molecule has 5 heteroatoms.